The van der Waals surface area contributed by atoms with E-state index in [1.807, 2.05) is 0 Å². The highest BCUT2D eigenvalue weighted by molar-refractivity contribution is 6.07. The van der Waals surface area contributed by atoms with Crippen LogP contribution in [0.2, 0.25) is 0 Å². The molecule has 0 saturated carbocycles. The fraction of sp³-hybridized carbons (Fsp3) is 0.125. The highest BCUT2D eigenvalue weighted by Gasteiger charge is 2.45. The van der Waals surface area contributed by atoms with Gasteiger partial charge in [0.15, 0.2) is 0 Å². The Morgan fingerprint density at radius 1 is 0.451 bits per heavy atom. The third-order valence-electron chi connectivity index (χ3n) is 11.4. The van der Waals surface area contributed by atoms with Gasteiger partial charge in [0.2, 0.25) is 0 Å². The Labute approximate surface area is 299 Å². The molecule has 0 fully saturated rings. The maximum Gasteiger partial charge on any atom is 0.137 e. The van der Waals surface area contributed by atoms with Crippen LogP contribution in [0.5, 0.6) is 0 Å². The van der Waals surface area contributed by atoms with Crippen molar-refractivity contribution in [3.05, 3.63) is 192 Å². The molecule has 51 heavy (non-hydrogen) atoms. The lowest BCUT2D eigenvalue weighted by atomic mass is 9.76. The molecule has 10 rings (SSSR count). The van der Waals surface area contributed by atoms with E-state index in [9.17, 15) is 0 Å². The quantitative estimate of drug-likeness (QED) is 0.177. The summed E-state index contributed by atoms with van der Waals surface area (Å²) >= 11 is 0. The van der Waals surface area contributed by atoms with Crippen LogP contribution in [0.1, 0.15) is 40.7 Å². The zero-order valence-corrected chi connectivity index (χ0v) is 28.7. The molecule has 1 spiro atoms. The monoisotopic (exact) mass is 658 g/mol. The Bertz CT molecular complexity index is 2510. The van der Waals surface area contributed by atoms with Crippen molar-refractivity contribution in [2.75, 3.05) is 9.80 Å². The van der Waals surface area contributed by atoms with Crippen molar-refractivity contribution in [3.8, 4) is 0 Å². The fourth-order valence-electron chi connectivity index (χ4n) is 9.00. The van der Waals surface area contributed by atoms with E-state index in [4.69, 9.17) is 4.42 Å². The normalized spacial score (nSPS) is 16.1. The van der Waals surface area contributed by atoms with Gasteiger partial charge in [-0.25, -0.2) is 0 Å². The van der Waals surface area contributed by atoms with Crippen molar-refractivity contribution in [1.29, 1.82) is 0 Å². The van der Waals surface area contributed by atoms with Gasteiger partial charge in [-0.2, -0.15) is 0 Å². The topological polar surface area (TPSA) is 19.6 Å². The number of hydrogen-bond acceptors (Lipinski definition) is 3. The van der Waals surface area contributed by atoms with Gasteiger partial charge in [-0.1, -0.05) is 78.9 Å². The molecule has 0 unspecified atom stereocenters. The molecule has 1 atom stereocenters. The lowest BCUT2D eigenvalue weighted by Crippen LogP contribution is -2.22. The van der Waals surface area contributed by atoms with Crippen LogP contribution in [0.3, 0.4) is 0 Å². The predicted molar refractivity (Wildman–Crippen MR) is 212 cm³/mol. The number of aryl methyl sites for hydroxylation is 3. The number of fused-ring (bicyclic) bond motifs is 7. The molecule has 2 aliphatic carbocycles. The first-order valence-corrected chi connectivity index (χ1v) is 18.1. The third kappa shape index (κ3) is 4.80. The van der Waals surface area contributed by atoms with Crippen LogP contribution in [-0.4, -0.2) is 0 Å². The number of anilines is 6. The molecule has 2 aliphatic rings. The first kappa shape index (κ1) is 29.8. The zero-order chi connectivity index (χ0) is 33.9. The molecule has 3 heteroatoms. The van der Waals surface area contributed by atoms with E-state index in [-0.39, 0.29) is 5.41 Å². The van der Waals surface area contributed by atoms with E-state index in [2.05, 4.69) is 181 Å². The molecule has 0 N–H and O–H groups in total. The van der Waals surface area contributed by atoms with E-state index in [1.54, 1.807) is 0 Å². The van der Waals surface area contributed by atoms with Gasteiger partial charge >= 0.3 is 0 Å². The maximum absolute atomic E-state index is 6.45. The van der Waals surface area contributed by atoms with Crippen molar-refractivity contribution >= 4 is 56.1 Å². The molecule has 0 aliphatic heterocycles. The van der Waals surface area contributed by atoms with Gasteiger partial charge in [-0.05, 0) is 139 Å². The van der Waals surface area contributed by atoms with Gasteiger partial charge in [-0.3, -0.25) is 0 Å². The van der Waals surface area contributed by atoms with Crippen LogP contribution in [0.25, 0.3) is 21.9 Å². The van der Waals surface area contributed by atoms with Crippen molar-refractivity contribution in [1.82, 2.24) is 0 Å². The van der Waals surface area contributed by atoms with E-state index in [0.29, 0.717) is 0 Å². The molecule has 1 aromatic heterocycles. The van der Waals surface area contributed by atoms with Crippen molar-refractivity contribution in [2.45, 2.75) is 38.0 Å². The van der Waals surface area contributed by atoms with Gasteiger partial charge < -0.3 is 14.2 Å². The molecule has 1 heterocycles. The summed E-state index contributed by atoms with van der Waals surface area (Å²) in [6.45, 7) is 2.16. The van der Waals surface area contributed by atoms with Crippen LogP contribution < -0.4 is 9.80 Å². The van der Waals surface area contributed by atoms with E-state index in [0.717, 1.165) is 53.6 Å². The first-order valence-electron chi connectivity index (χ1n) is 18.1. The van der Waals surface area contributed by atoms with Crippen LogP contribution in [0, 0.1) is 6.92 Å². The Balaban J connectivity index is 1.10. The SMILES string of the molecule is Cc1cccc2oc3cc(N(c4ccccc4)c4ccc5c(c4)[C@]4(CCc6ccc(N(c7ccccc7)c7ccccc7)cc64)CC5)ccc3c12. The average Bonchev–Trinajstić information content (AvgIpc) is 3.87. The van der Waals surface area contributed by atoms with Gasteiger partial charge in [-0.15, -0.1) is 0 Å². The minimum absolute atomic E-state index is 0.0156. The highest BCUT2D eigenvalue weighted by Crippen LogP contribution is 2.55. The number of hydrogen-bond donors (Lipinski definition) is 0. The van der Waals surface area contributed by atoms with Crippen LogP contribution >= 0.6 is 0 Å². The molecule has 0 bridgehead atoms. The second-order valence-corrected chi connectivity index (χ2v) is 14.2. The second kappa shape index (κ2) is 11.8. The molecule has 0 amide bonds. The largest absolute Gasteiger partial charge is 0.456 e. The lowest BCUT2D eigenvalue weighted by molar-refractivity contribution is 0.507. The number of nitrogens with zero attached hydrogens (tertiary/aromatic N) is 2. The number of furan rings is 1. The molecular formula is C48H38N2O. The predicted octanol–water partition coefficient (Wildman–Crippen LogP) is 13.0. The Morgan fingerprint density at radius 3 is 1.49 bits per heavy atom. The van der Waals surface area contributed by atoms with E-state index in [1.165, 1.54) is 56.0 Å². The van der Waals surface area contributed by atoms with Crippen LogP contribution in [-0.2, 0) is 18.3 Å². The summed E-state index contributed by atoms with van der Waals surface area (Å²) in [7, 11) is 0. The van der Waals surface area contributed by atoms with Gasteiger partial charge in [0.1, 0.15) is 11.2 Å². The average molecular weight is 659 g/mol. The van der Waals surface area contributed by atoms with Crippen molar-refractivity contribution < 1.29 is 4.42 Å². The summed E-state index contributed by atoms with van der Waals surface area (Å²) in [5, 5.41) is 2.35. The van der Waals surface area contributed by atoms with Crippen molar-refractivity contribution in [2.24, 2.45) is 0 Å². The van der Waals surface area contributed by atoms with Gasteiger partial charge in [0.05, 0.1) is 0 Å². The van der Waals surface area contributed by atoms with Crippen LogP contribution in [0.4, 0.5) is 34.1 Å². The zero-order valence-electron chi connectivity index (χ0n) is 28.7. The number of para-hydroxylation sites is 3. The van der Waals surface area contributed by atoms with Crippen molar-refractivity contribution in [3.63, 3.8) is 0 Å². The Morgan fingerprint density at radius 2 is 0.941 bits per heavy atom. The summed E-state index contributed by atoms with van der Waals surface area (Å²) in [5.74, 6) is 0. The molecule has 7 aromatic carbocycles. The minimum Gasteiger partial charge on any atom is -0.456 e. The van der Waals surface area contributed by atoms with Gasteiger partial charge in [0.25, 0.3) is 0 Å². The van der Waals surface area contributed by atoms with E-state index >= 15 is 0 Å². The third-order valence-corrected chi connectivity index (χ3v) is 11.4. The minimum atomic E-state index is -0.0156. The highest BCUT2D eigenvalue weighted by atomic mass is 16.3. The molecule has 3 nitrogen and oxygen atoms in total. The summed E-state index contributed by atoms with van der Waals surface area (Å²) < 4.78 is 6.45. The molecule has 8 aromatic rings. The lowest BCUT2D eigenvalue weighted by Gasteiger charge is -2.31. The molecule has 0 radical (unpaired) electrons. The van der Waals surface area contributed by atoms with Crippen LogP contribution in [0.15, 0.2) is 168 Å². The number of benzene rings is 7. The summed E-state index contributed by atoms with van der Waals surface area (Å²) in [6, 6.07) is 59.6. The second-order valence-electron chi connectivity index (χ2n) is 14.2. The molecular weight excluding hydrogens is 621 g/mol. The number of rotatable bonds is 6. The molecule has 246 valence electrons. The maximum atomic E-state index is 6.45. The standard InChI is InChI=1S/C48H38N2O/c1-33-12-11-19-45-47(33)42-25-24-41(32-46(42)51-45)50(38-17-9-4-10-18-38)40-23-21-35-27-29-48(44(35)31-40)28-26-34-20-22-39(30-43(34)48)49(36-13-5-2-6-14-36)37-15-7-3-8-16-37/h2-25,30-32H,26-29H2,1H3/t48-/m1/s1. The summed E-state index contributed by atoms with van der Waals surface area (Å²) in [6.07, 6.45) is 4.46. The first-order chi connectivity index (χ1) is 25.2. The smallest absolute Gasteiger partial charge is 0.137 e. The summed E-state index contributed by atoms with van der Waals surface area (Å²) in [5.41, 5.74) is 15.9. The summed E-state index contributed by atoms with van der Waals surface area (Å²) in [4.78, 5) is 4.79. The Kier molecular flexibility index (Phi) is 6.89. The Hall–Kier alpha value is -6.06. The van der Waals surface area contributed by atoms with E-state index < -0.39 is 0 Å². The van der Waals surface area contributed by atoms with Gasteiger partial charge in [0, 0.05) is 56.4 Å². The fourth-order valence-corrected chi connectivity index (χ4v) is 9.00. The molecule has 0 saturated heterocycles.